The van der Waals surface area contributed by atoms with E-state index < -0.39 is 12.0 Å². The van der Waals surface area contributed by atoms with E-state index in [1.165, 1.54) is 12.2 Å². The Balaban J connectivity index is 1.37. The van der Waals surface area contributed by atoms with E-state index in [9.17, 15) is 13.6 Å². The van der Waals surface area contributed by atoms with E-state index in [-0.39, 0.29) is 12.5 Å². The third-order valence-electron chi connectivity index (χ3n) is 7.63. The number of imidazole rings is 1. The average Bonchev–Trinajstić information content (AvgIpc) is 3.58. The molecule has 2 aliphatic rings. The molecule has 206 valence electrons. The van der Waals surface area contributed by atoms with E-state index in [4.69, 9.17) is 0 Å². The summed E-state index contributed by atoms with van der Waals surface area (Å²) in [5.41, 5.74) is 5.83. The minimum absolute atomic E-state index is 0.198. The van der Waals surface area contributed by atoms with Crippen molar-refractivity contribution < 1.29 is 13.6 Å². The Labute approximate surface area is 231 Å². The van der Waals surface area contributed by atoms with Gasteiger partial charge in [-0.15, -0.1) is 0 Å². The van der Waals surface area contributed by atoms with E-state index in [0.29, 0.717) is 35.6 Å². The standard InChI is InChI=1S/C30H31F2N7O/c1-3-37-8-10-38(11-9-37)30(40)35-24-12-21(26-6-5-23(31)15-27(26)32)13-25(16-24)39-19-33-28-14-20(4-7-29(28)39)22-17-34-36(2)18-22/h4-7,12-14,16-19,27H,3,8-11,15H2,1-2H3,(H,35,40). The number of allylic oxidation sites excluding steroid dienone is 4. The first-order valence-electron chi connectivity index (χ1n) is 13.5. The molecule has 1 fully saturated rings. The van der Waals surface area contributed by atoms with Gasteiger partial charge in [-0.25, -0.2) is 18.6 Å². The molecule has 2 amide bonds. The smallest absolute Gasteiger partial charge is 0.321 e. The average molecular weight is 544 g/mol. The Bertz CT molecular complexity index is 1630. The fourth-order valence-electron chi connectivity index (χ4n) is 5.34. The number of piperazine rings is 1. The molecular weight excluding hydrogens is 512 g/mol. The molecule has 40 heavy (non-hydrogen) atoms. The third-order valence-corrected chi connectivity index (χ3v) is 7.63. The Morgan fingerprint density at radius 2 is 1.88 bits per heavy atom. The molecule has 2 aromatic heterocycles. The summed E-state index contributed by atoms with van der Waals surface area (Å²) in [5, 5.41) is 7.27. The summed E-state index contributed by atoms with van der Waals surface area (Å²) in [7, 11) is 1.87. The van der Waals surface area contributed by atoms with Crippen LogP contribution in [0.1, 0.15) is 18.9 Å². The predicted octanol–water partition coefficient (Wildman–Crippen LogP) is 5.57. The van der Waals surface area contributed by atoms with Crippen LogP contribution in [0.4, 0.5) is 19.3 Å². The second kappa shape index (κ2) is 10.7. The number of halogens is 2. The van der Waals surface area contributed by atoms with Crippen molar-refractivity contribution in [2.24, 2.45) is 7.05 Å². The van der Waals surface area contributed by atoms with Crippen LogP contribution in [0, 0.1) is 0 Å². The van der Waals surface area contributed by atoms with Crippen LogP contribution in [0.25, 0.3) is 33.4 Å². The Hall–Kier alpha value is -4.31. The molecule has 3 heterocycles. The van der Waals surface area contributed by atoms with Crippen LogP contribution in [0.2, 0.25) is 0 Å². The summed E-state index contributed by atoms with van der Waals surface area (Å²) < 4.78 is 32.4. The highest BCUT2D eigenvalue weighted by Gasteiger charge is 2.24. The maximum absolute atomic E-state index is 15.0. The summed E-state index contributed by atoms with van der Waals surface area (Å²) in [6.07, 6.45) is 6.47. The highest BCUT2D eigenvalue weighted by atomic mass is 19.1. The maximum Gasteiger partial charge on any atom is 0.321 e. The van der Waals surface area contributed by atoms with Gasteiger partial charge in [0, 0.05) is 62.8 Å². The van der Waals surface area contributed by atoms with Gasteiger partial charge in [0.25, 0.3) is 0 Å². The van der Waals surface area contributed by atoms with Gasteiger partial charge in [0.05, 0.1) is 17.2 Å². The number of benzene rings is 2. The molecule has 1 saturated heterocycles. The van der Waals surface area contributed by atoms with E-state index in [0.717, 1.165) is 41.8 Å². The molecule has 6 rings (SSSR count). The van der Waals surface area contributed by atoms with Crippen molar-refractivity contribution in [3.05, 3.63) is 78.7 Å². The first-order chi connectivity index (χ1) is 19.4. The van der Waals surface area contributed by atoms with Gasteiger partial charge in [0.15, 0.2) is 0 Å². The van der Waals surface area contributed by atoms with Gasteiger partial charge < -0.3 is 15.1 Å². The Kier molecular flexibility index (Phi) is 6.93. The quantitative estimate of drug-likeness (QED) is 0.357. The van der Waals surface area contributed by atoms with Crippen LogP contribution < -0.4 is 5.32 Å². The number of alkyl halides is 1. The lowest BCUT2D eigenvalue weighted by atomic mass is 9.94. The van der Waals surface area contributed by atoms with Crippen LogP contribution in [0.3, 0.4) is 0 Å². The number of carbonyl (C=O) groups excluding carboxylic acids is 1. The van der Waals surface area contributed by atoms with Crippen molar-refractivity contribution >= 4 is 28.3 Å². The Morgan fingerprint density at radius 1 is 1.05 bits per heavy atom. The van der Waals surface area contributed by atoms with Gasteiger partial charge >= 0.3 is 6.03 Å². The first-order valence-corrected chi connectivity index (χ1v) is 13.5. The lowest BCUT2D eigenvalue weighted by Crippen LogP contribution is -2.49. The van der Waals surface area contributed by atoms with Gasteiger partial charge in [-0.2, -0.15) is 5.10 Å². The third kappa shape index (κ3) is 5.14. The number of anilines is 1. The SMILES string of the molecule is CCN1CCN(C(=O)Nc2cc(C3=CC=C(F)CC3F)cc(-n3cnc4cc(-c5cnn(C)c5)ccc43)c2)CC1. The minimum atomic E-state index is -1.48. The molecule has 1 aliphatic heterocycles. The Morgan fingerprint density at radius 3 is 2.60 bits per heavy atom. The summed E-state index contributed by atoms with van der Waals surface area (Å²) >= 11 is 0. The molecule has 0 saturated carbocycles. The number of nitrogens with zero attached hydrogens (tertiary/aromatic N) is 6. The number of aryl methyl sites for hydroxylation is 1. The minimum Gasteiger partial charge on any atom is -0.322 e. The highest BCUT2D eigenvalue weighted by Crippen LogP contribution is 2.34. The van der Waals surface area contributed by atoms with Crippen molar-refractivity contribution in [2.45, 2.75) is 19.5 Å². The number of hydrogen-bond acceptors (Lipinski definition) is 4. The van der Waals surface area contributed by atoms with Crippen LogP contribution >= 0.6 is 0 Å². The molecule has 0 spiro atoms. The molecule has 0 bridgehead atoms. The number of likely N-dealkylation sites (N-methyl/N-ethyl adjacent to an activating group) is 1. The van der Waals surface area contributed by atoms with Gasteiger partial charge in [0.1, 0.15) is 18.3 Å². The first kappa shape index (κ1) is 25.9. The normalized spacial score (nSPS) is 18.1. The molecule has 4 aromatic rings. The molecule has 1 atom stereocenters. The van der Waals surface area contributed by atoms with Gasteiger partial charge in [0.2, 0.25) is 0 Å². The predicted molar refractivity (Wildman–Crippen MR) is 153 cm³/mol. The zero-order valence-corrected chi connectivity index (χ0v) is 22.5. The summed E-state index contributed by atoms with van der Waals surface area (Å²) in [4.78, 5) is 21.9. The van der Waals surface area contributed by atoms with Crippen molar-refractivity contribution in [1.29, 1.82) is 0 Å². The molecule has 2 aromatic carbocycles. The number of amides is 2. The van der Waals surface area contributed by atoms with E-state index in [1.54, 1.807) is 28.2 Å². The van der Waals surface area contributed by atoms with Gasteiger partial charge in [-0.1, -0.05) is 19.1 Å². The number of carbonyl (C=O) groups is 1. The van der Waals surface area contributed by atoms with Crippen molar-refractivity contribution in [3.63, 3.8) is 0 Å². The van der Waals surface area contributed by atoms with Crippen LogP contribution in [-0.2, 0) is 7.05 Å². The zero-order chi connectivity index (χ0) is 27.8. The zero-order valence-electron chi connectivity index (χ0n) is 22.5. The monoisotopic (exact) mass is 543 g/mol. The van der Waals surface area contributed by atoms with Crippen molar-refractivity contribution in [3.8, 4) is 16.8 Å². The topological polar surface area (TPSA) is 71.2 Å². The lowest BCUT2D eigenvalue weighted by molar-refractivity contribution is 0.151. The van der Waals surface area contributed by atoms with Gasteiger partial charge in [-0.3, -0.25) is 9.25 Å². The number of rotatable bonds is 5. The summed E-state index contributed by atoms with van der Waals surface area (Å²) in [6.45, 7) is 6.00. The number of fused-ring (bicyclic) bond motifs is 1. The number of aromatic nitrogens is 4. The van der Waals surface area contributed by atoms with Crippen LogP contribution in [0.5, 0.6) is 0 Å². The van der Waals surface area contributed by atoms with E-state index in [1.807, 2.05) is 48.1 Å². The van der Waals surface area contributed by atoms with Crippen LogP contribution in [0.15, 0.2) is 73.1 Å². The molecule has 1 N–H and O–H groups in total. The van der Waals surface area contributed by atoms with Crippen molar-refractivity contribution in [1.82, 2.24) is 29.1 Å². The summed E-state index contributed by atoms with van der Waals surface area (Å²) in [5.74, 6) is -0.489. The summed E-state index contributed by atoms with van der Waals surface area (Å²) in [6, 6.07) is 11.2. The molecule has 0 radical (unpaired) electrons. The van der Waals surface area contributed by atoms with Crippen molar-refractivity contribution in [2.75, 3.05) is 38.0 Å². The molecule has 1 aliphatic carbocycles. The van der Waals surface area contributed by atoms with E-state index in [2.05, 4.69) is 27.2 Å². The largest absolute Gasteiger partial charge is 0.322 e. The lowest BCUT2D eigenvalue weighted by Gasteiger charge is -2.34. The highest BCUT2D eigenvalue weighted by molar-refractivity contribution is 5.91. The second-order valence-electron chi connectivity index (χ2n) is 10.2. The molecule has 10 heteroatoms. The van der Waals surface area contributed by atoms with E-state index >= 15 is 0 Å². The maximum atomic E-state index is 15.0. The van der Waals surface area contributed by atoms with Gasteiger partial charge in [-0.05, 0) is 59.7 Å². The number of hydrogen-bond donors (Lipinski definition) is 1. The second-order valence-corrected chi connectivity index (χ2v) is 10.2. The number of urea groups is 1. The fraction of sp³-hybridized carbons (Fsp3) is 0.300. The molecule has 8 nitrogen and oxygen atoms in total. The molecule has 1 unspecified atom stereocenters. The fourth-order valence-corrected chi connectivity index (χ4v) is 5.34. The number of nitrogens with one attached hydrogen (secondary N) is 1. The van der Waals surface area contributed by atoms with Crippen LogP contribution in [-0.4, -0.2) is 74.1 Å². The molecular formula is C30H31F2N7O.